The van der Waals surface area contributed by atoms with Crippen molar-refractivity contribution in [3.8, 4) is 0 Å². The average Bonchev–Trinajstić information content (AvgIpc) is 2.33. The molecule has 1 aliphatic heterocycles. The van der Waals surface area contributed by atoms with E-state index in [1.54, 1.807) is 0 Å². The molecule has 0 spiro atoms. The van der Waals surface area contributed by atoms with Crippen LogP contribution in [0.4, 0.5) is 0 Å². The molecule has 1 fully saturated rings. The van der Waals surface area contributed by atoms with E-state index in [4.69, 9.17) is 0 Å². The molecular weight excluding hydrogens is 112 g/mol. The molecule has 0 bridgehead atoms. The van der Waals surface area contributed by atoms with Crippen LogP contribution in [-0.2, 0) is 0 Å². The average molecular weight is 121 g/mol. The van der Waals surface area contributed by atoms with Crippen molar-refractivity contribution in [1.29, 1.82) is 0 Å². The highest BCUT2D eigenvalue weighted by Crippen LogP contribution is 2.15. The van der Waals surface area contributed by atoms with E-state index >= 15 is 0 Å². The molecule has 1 heterocycles. The lowest BCUT2D eigenvalue weighted by Gasteiger charge is -2.08. The molecule has 2 heteroatoms. The van der Waals surface area contributed by atoms with Gasteiger partial charge in [-0.15, -0.1) is 0 Å². The second-order valence-corrected chi connectivity index (χ2v) is 2.39. The fraction of sp³-hybridized carbons (Fsp3) is 0.429. The van der Waals surface area contributed by atoms with E-state index in [9.17, 15) is 0 Å². The van der Waals surface area contributed by atoms with Crippen molar-refractivity contribution in [3.05, 3.63) is 23.8 Å². The Labute approximate surface area is 54.6 Å². The quantitative estimate of drug-likeness (QED) is 0.492. The van der Waals surface area contributed by atoms with Gasteiger partial charge in [-0.25, -0.2) is 5.43 Å². The summed E-state index contributed by atoms with van der Waals surface area (Å²) < 4.78 is 0. The number of hydrogen-bond donors (Lipinski definition) is 1. The smallest absolute Gasteiger partial charge is 0.0676 e. The molecule has 1 atom stereocenters. The third-order valence-corrected chi connectivity index (χ3v) is 1.76. The fourth-order valence-corrected chi connectivity index (χ4v) is 1.22. The van der Waals surface area contributed by atoms with Gasteiger partial charge >= 0.3 is 0 Å². The fourth-order valence-electron chi connectivity index (χ4n) is 1.22. The lowest BCUT2D eigenvalue weighted by atomic mass is 10.0. The van der Waals surface area contributed by atoms with Crippen LogP contribution in [0.15, 0.2) is 23.8 Å². The van der Waals surface area contributed by atoms with Gasteiger partial charge in [0.05, 0.1) is 6.04 Å². The predicted octanol–water partition coefficient (Wildman–Crippen LogP) is 0.364. The molecule has 0 aromatic heterocycles. The van der Waals surface area contributed by atoms with Crippen molar-refractivity contribution >= 4 is 0 Å². The number of fused-ring (bicyclic) bond motifs is 1. The highest BCUT2D eigenvalue weighted by atomic mass is 15.4. The molecule has 1 N–H and O–H groups in total. The first kappa shape index (κ1) is 5.21. The van der Waals surface area contributed by atoms with Crippen molar-refractivity contribution in [3.63, 3.8) is 0 Å². The lowest BCUT2D eigenvalue weighted by molar-refractivity contribution is 0.565. The molecule has 9 heavy (non-hydrogen) atoms. The van der Waals surface area contributed by atoms with E-state index in [-0.39, 0.29) is 0 Å². The summed E-state index contributed by atoms with van der Waals surface area (Å²) in [7, 11) is 0. The molecule has 0 aromatic rings. The maximum absolute atomic E-state index is 4.19. The Hall–Kier alpha value is -0.600. The third-order valence-electron chi connectivity index (χ3n) is 1.76. The zero-order valence-electron chi connectivity index (χ0n) is 5.17. The largest absolute Gasteiger partial charge is 0.235 e. The first-order valence-electron chi connectivity index (χ1n) is 3.25. The summed E-state index contributed by atoms with van der Waals surface area (Å²) in [6.07, 6.45) is 7.50. The normalized spacial score (nSPS) is 32.0. The molecule has 0 aromatic carbocycles. The van der Waals surface area contributed by atoms with Crippen LogP contribution >= 0.6 is 0 Å². The Bertz CT molecular complexity index is 170. The minimum Gasteiger partial charge on any atom is -0.235 e. The molecule has 1 aliphatic carbocycles. The summed E-state index contributed by atoms with van der Waals surface area (Å²) in [5.74, 6) is 0. The molecule has 1 radical (unpaired) electrons. The summed E-state index contributed by atoms with van der Waals surface area (Å²) in [5, 5.41) is 0. The number of hydrogen-bond acceptors (Lipinski definition) is 1. The van der Waals surface area contributed by atoms with Crippen LogP contribution in [0.2, 0.25) is 0 Å². The van der Waals surface area contributed by atoms with Crippen LogP contribution < -0.4 is 10.9 Å². The van der Waals surface area contributed by atoms with Gasteiger partial charge in [-0.05, 0) is 12.0 Å². The summed E-state index contributed by atoms with van der Waals surface area (Å²) in [4.78, 5) is 0. The maximum atomic E-state index is 4.19. The minimum absolute atomic E-state index is 0.454. The number of nitrogens with one attached hydrogen (secondary N) is 1. The van der Waals surface area contributed by atoms with Gasteiger partial charge in [0.1, 0.15) is 0 Å². The van der Waals surface area contributed by atoms with E-state index in [2.05, 4.69) is 29.1 Å². The Morgan fingerprint density at radius 2 is 2.67 bits per heavy atom. The van der Waals surface area contributed by atoms with E-state index in [1.807, 2.05) is 0 Å². The molecule has 1 unspecified atom stereocenters. The predicted molar refractivity (Wildman–Crippen MR) is 35.8 cm³/mol. The van der Waals surface area contributed by atoms with Crippen LogP contribution in [0.25, 0.3) is 0 Å². The van der Waals surface area contributed by atoms with E-state index < -0.39 is 0 Å². The molecule has 0 amide bonds. The Morgan fingerprint density at radius 1 is 1.67 bits per heavy atom. The van der Waals surface area contributed by atoms with Gasteiger partial charge in [-0.2, -0.15) is 5.43 Å². The lowest BCUT2D eigenvalue weighted by Crippen LogP contribution is -2.21. The zero-order valence-corrected chi connectivity index (χ0v) is 5.17. The van der Waals surface area contributed by atoms with Gasteiger partial charge in [0.2, 0.25) is 0 Å². The van der Waals surface area contributed by atoms with E-state index in [1.165, 1.54) is 5.57 Å². The van der Waals surface area contributed by atoms with Crippen molar-refractivity contribution in [2.75, 3.05) is 6.54 Å². The molecule has 47 valence electrons. The van der Waals surface area contributed by atoms with Gasteiger partial charge in [-0.1, -0.05) is 18.2 Å². The van der Waals surface area contributed by atoms with Gasteiger partial charge < -0.3 is 0 Å². The zero-order chi connectivity index (χ0) is 6.10. The Morgan fingerprint density at radius 3 is 3.56 bits per heavy atom. The Kier molecular flexibility index (Phi) is 1.14. The highest BCUT2D eigenvalue weighted by molar-refractivity contribution is 5.26. The molecule has 2 rings (SSSR count). The summed E-state index contributed by atoms with van der Waals surface area (Å²) in [6, 6.07) is 0.454. The van der Waals surface area contributed by atoms with E-state index in [0.29, 0.717) is 6.04 Å². The van der Waals surface area contributed by atoms with Crippen molar-refractivity contribution < 1.29 is 0 Å². The van der Waals surface area contributed by atoms with Gasteiger partial charge in [0, 0.05) is 6.54 Å². The third kappa shape index (κ3) is 0.802. The Balaban J connectivity index is 2.23. The van der Waals surface area contributed by atoms with Crippen LogP contribution in [0.5, 0.6) is 0 Å². The molecular formula is C7H9N2. The summed E-state index contributed by atoms with van der Waals surface area (Å²) in [5.41, 5.74) is 8.60. The highest BCUT2D eigenvalue weighted by Gasteiger charge is 2.20. The van der Waals surface area contributed by atoms with Crippen LogP contribution in [-0.4, -0.2) is 12.6 Å². The first-order chi connectivity index (χ1) is 4.47. The number of nitrogens with zero attached hydrogens (tertiary/aromatic N) is 1. The second kappa shape index (κ2) is 1.97. The van der Waals surface area contributed by atoms with Crippen LogP contribution in [0.3, 0.4) is 0 Å². The van der Waals surface area contributed by atoms with Crippen molar-refractivity contribution in [1.82, 2.24) is 10.9 Å². The second-order valence-electron chi connectivity index (χ2n) is 2.39. The summed E-state index contributed by atoms with van der Waals surface area (Å²) >= 11 is 0. The van der Waals surface area contributed by atoms with Crippen molar-refractivity contribution in [2.45, 2.75) is 12.5 Å². The number of rotatable bonds is 0. The van der Waals surface area contributed by atoms with Crippen LogP contribution in [0.1, 0.15) is 6.42 Å². The van der Waals surface area contributed by atoms with Crippen LogP contribution in [0, 0.1) is 0 Å². The SMILES string of the molecule is C1=CCC2[N]NCC2=C1. The maximum Gasteiger partial charge on any atom is 0.0676 e. The molecule has 0 saturated carbocycles. The monoisotopic (exact) mass is 121 g/mol. The van der Waals surface area contributed by atoms with Gasteiger partial charge in [0.25, 0.3) is 0 Å². The first-order valence-corrected chi connectivity index (χ1v) is 3.25. The molecule has 2 nitrogen and oxygen atoms in total. The summed E-state index contributed by atoms with van der Waals surface area (Å²) in [6.45, 7) is 0.953. The standard InChI is InChI=1S/C7H9N2/c1-2-4-7-6(3-1)5-8-9-7/h1-3,7-8H,4-5H2. The number of allylic oxidation sites excluding steroid dienone is 2. The van der Waals surface area contributed by atoms with Crippen molar-refractivity contribution in [2.24, 2.45) is 0 Å². The van der Waals surface area contributed by atoms with Gasteiger partial charge in [-0.3, -0.25) is 0 Å². The van der Waals surface area contributed by atoms with Gasteiger partial charge in [0.15, 0.2) is 0 Å². The van der Waals surface area contributed by atoms with E-state index in [0.717, 1.165) is 13.0 Å². The molecule has 2 aliphatic rings. The minimum atomic E-state index is 0.454. The molecule has 1 saturated heterocycles. The topological polar surface area (TPSA) is 26.1 Å².